The molecule has 1 saturated carbocycles. The lowest BCUT2D eigenvalue weighted by molar-refractivity contribution is -0.126. The number of hydrogen-bond acceptors (Lipinski definition) is 7. The van der Waals surface area contributed by atoms with Gasteiger partial charge in [-0.25, -0.2) is 18.4 Å². The average Bonchev–Trinajstić information content (AvgIpc) is 3.58. The molecule has 0 radical (unpaired) electrons. The van der Waals surface area contributed by atoms with Crippen LogP contribution in [-0.2, 0) is 19.4 Å². The van der Waals surface area contributed by atoms with Gasteiger partial charge in [0.25, 0.3) is 0 Å². The van der Waals surface area contributed by atoms with Crippen LogP contribution in [0.2, 0.25) is 0 Å². The molecule has 190 valence electrons. The number of carbonyl (C=O) groups excluding carboxylic acids is 2. The molecule has 2 amide bonds. The third-order valence-electron chi connectivity index (χ3n) is 5.92. The van der Waals surface area contributed by atoms with E-state index in [9.17, 15) is 22.4 Å². The highest BCUT2D eigenvalue weighted by Crippen LogP contribution is 2.36. The first-order chi connectivity index (χ1) is 17.7. The summed E-state index contributed by atoms with van der Waals surface area (Å²) in [6.45, 7) is 1.43. The Morgan fingerprint density at radius 3 is 2.59 bits per heavy atom. The van der Waals surface area contributed by atoms with Gasteiger partial charge < -0.3 is 10.6 Å². The predicted octanol–water partition coefficient (Wildman–Crippen LogP) is 3.72. The van der Waals surface area contributed by atoms with Gasteiger partial charge in [-0.05, 0) is 67.3 Å². The molecule has 5 rings (SSSR count). The maximum Gasteiger partial charge on any atom is 0.246 e. The molecule has 1 atom stereocenters. The molecule has 11 heteroatoms. The molecule has 2 aromatic carbocycles. The number of carbonyl (C=O) groups is 2. The Balaban J connectivity index is 1.51. The Hall–Kier alpha value is -3.70. The molecular weight excluding hydrogens is 515 g/mol. The summed E-state index contributed by atoms with van der Waals surface area (Å²) in [5.74, 6) is -1.79. The van der Waals surface area contributed by atoms with Crippen molar-refractivity contribution < 1.29 is 22.4 Å². The lowest BCUT2D eigenvalue weighted by atomic mass is 10.1. The molecule has 0 spiro atoms. The summed E-state index contributed by atoms with van der Waals surface area (Å²) in [5.41, 5.74) is 2.61. The monoisotopic (exact) mass is 538 g/mol. The van der Waals surface area contributed by atoms with Crippen molar-refractivity contribution in [3.05, 3.63) is 77.3 Å². The van der Waals surface area contributed by atoms with Gasteiger partial charge in [-0.3, -0.25) is 9.59 Å². The Labute approximate surface area is 216 Å². The molecule has 1 unspecified atom stereocenters. The molecule has 8 nitrogen and oxygen atoms in total. The highest BCUT2D eigenvalue weighted by molar-refractivity contribution is 7.92. The van der Waals surface area contributed by atoms with Crippen molar-refractivity contribution in [1.29, 1.82) is 0 Å². The van der Waals surface area contributed by atoms with Crippen LogP contribution in [0.4, 0.5) is 4.39 Å². The van der Waals surface area contributed by atoms with Crippen molar-refractivity contribution in [2.75, 3.05) is 6.54 Å². The molecule has 2 aromatic heterocycles. The highest BCUT2D eigenvalue weighted by atomic mass is 32.2. The van der Waals surface area contributed by atoms with Gasteiger partial charge in [0.2, 0.25) is 17.8 Å². The molecule has 0 bridgehead atoms. The number of benzene rings is 2. The largest absolute Gasteiger partial charge is 0.352 e. The van der Waals surface area contributed by atoms with E-state index >= 15 is 0 Å². The van der Waals surface area contributed by atoms with E-state index in [0.29, 0.717) is 15.8 Å². The number of halogens is 1. The second-order valence-corrected chi connectivity index (χ2v) is 12.0. The number of fused-ring (bicyclic) bond motifs is 1. The molecule has 2 N–H and O–H groups in total. The summed E-state index contributed by atoms with van der Waals surface area (Å²) in [4.78, 5) is 33.6. The number of aromatic nitrogens is 2. The summed E-state index contributed by atoms with van der Waals surface area (Å²) in [7, 11) is -4.20. The maximum atomic E-state index is 13.7. The Kier molecular flexibility index (Phi) is 6.74. The molecule has 1 aliphatic rings. The summed E-state index contributed by atoms with van der Waals surface area (Å²) >= 11 is 1.09. The van der Waals surface area contributed by atoms with E-state index in [4.69, 9.17) is 0 Å². The minimum absolute atomic E-state index is 0.00702. The molecule has 0 aliphatic heterocycles. The summed E-state index contributed by atoms with van der Waals surface area (Å²) in [5, 5.41) is 3.70. The maximum absolute atomic E-state index is 13.7. The van der Waals surface area contributed by atoms with Crippen LogP contribution in [0.15, 0.2) is 65.7 Å². The van der Waals surface area contributed by atoms with Crippen LogP contribution < -0.4 is 10.6 Å². The first kappa shape index (κ1) is 25.0. The number of aryl methyl sites for hydroxylation is 1. The number of sulfone groups is 1. The number of nitrogens with zero attached hydrogens (tertiary/aromatic N) is 2. The molecular formula is C26H23FN4O4S2. The van der Waals surface area contributed by atoms with Gasteiger partial charge in [0.05, 0.1) is 21.7 Å². The van der Waals surface area contributed by atoms with Gasteiger partial charge in [-0.2, -0.15) is 4.39 Å². The van der Waals surface area contributed by atoms with Crippen LogP contribution in [-0.4, -0.2) is 42.8 Å². The van der Waals surface area contributed by atoms with E-state index in [1.54, 1.807) is 43.3 Å². The van der Waals surface area contributed by atoms with Gasteiger partial charge >= 0.3 is 0 Å². The Bertz CT molecular complexity index is 1600. The summed E-state index contributed by atoms with van der Waals surface area (Å²) < 4.78 is 41.3. The zero-order valence-corrected chi connectivity index (χ0v) is 21.4. The fraction of sp³-hybridized carbons (Fsp3) is 0.231. The van der Waals surface area contributed by atoms with Crippen LogP contribution in [0.5, 0.6) is 0 Å². The van der Waals surface area contributed by atoms with Gasteiger partial charge in [0, 0.05) is 17.8 Å². The van der Waals surface area contributed by atoms with Crippen molar-refractivity contribution in [3.8, 4) is 11.1 Å². The zero-order valence-electron chi connectivity index (χ0n) is 19.8. The lowest BCUT2D eigenvalue weighted by Crippen LogP contribution is -2.41. The topological polar surface area (TPSA) is 118 Å². The first-order valence-corrected chi connectivity index (χ1v) is 14.0. The van der Waals surface area contributed by atoms with Crippen LogP contribution in [0.25, 0.3) is 21.3 Å². The molecule has 37 heavy (non-hydrogen) atoms. The Morgan fingerprint density at radius 2 is 1.89 bits per heavy atom. The van der Waals surface area contributed by atoms with E-state index in [0.717, 1.165) is 35.3 Å². The quantitative estimate of drug-likeness (QED) is 0.330. The van der Waals surface area contributed by atoms with E-state index in [-0.39, 0.29) is 28.4 Å². The third kappa shape index (κ3) is 5.52. The van der Waals surface area contributed by atoms with Gasteiger partial charge in [0.1, 0.15) is 5.01 Å². The molecule has 1 aliphatic carbocycles. The lowest BCUT2D eigenvalue weighted by Gasteiger charge is -2.16. The number of hydrogen-bond donors (Lipinski definition) is 2. The van der Waals surface area contributed by atoms with Gasteiger partial charge in [-0.15, -0.1) is 11.3 Å². The van der Waals surface area contributed by atoms with Crippen molar-refractivity contribution >= 4 is 43.2 Å². The van der Waals surface area contributed by atoms with Crippen molar-refractivity contribution in [2.45, 2.75) is 36.0 Å². The molecule has 2 heterocycles. The second-order valence-electron chi connectivity index (χ2n) is 8.91. The predicted molar refractivity (Wildman–Crippen MR) is 138 cm³/mol. The fourth-order valence-electron chi connectivity index (χ4n) is 3.86. The minimum atomic E-state index is -4.20. The summed E-state index contributed by atoms with van der Waals surface area (Å²) in [6, 6.07) is 14.6. The van der Waals surface area contributed by atoms with E-state index in [2.05, 4.69) is 20.6 Å². The van der Waals surface area contributed by atoms with Gasteiger partial charge in [-0.1, -0.05) is 18.2 Å². The van der Waals surface area contributed by atoms with Crippen LogP contribution in [0.1, 0.15) is 28.7 Å². The molecule has 0 saturated heterocycles. The summed E-state index contributed by atoms with van der Waals surface area (Å²) in [6.07, 6.45) is 3.19. The number of nitrogens with one attached hydrogen (secondary N) is 2. The van der Waals surface area contributed by atoms with E-state index in [1.165, 1.54) is 24.4 Å². The molecule has 1 fully saturated rings. The molecule has 4 aromatic rings. The van der Waals surface area contributed by atoms with Crippen molar-refractivity contribution in [1.82, 2.24) is 20.6 Å². The number of amides is 2. The van der Waals surface area contributed by atoms with Crippen LogP contribution >= 0.6 is 11.3 Å². The SMILES string of the molecule is Cc1cccc(S(=O)(=O)C(C(=O)NCC(=O)NC2CC2)c2nc3cc(-c4ccc(F)nc4)ccc3s2)c1. The minimum Gasteiger partial charge on any atom is -0.352 e. The normalized spacial score (nSPS) is 14.3. The van der Waals surface area contributed by atoms with E-state index in [1.807, 2.05) is 0 Å². The van der Waals surface area contributed by atoms with Crippen LogP contribution in [0.3, 0.4) is 0 Å². The number of pyridine rings is 1. The van der Waals surface area contributed by atoms with Crippen molar-refractivity contribution in [3.63, 3.8) is 0 Å². The third-order valence-corrected chi connectivity index (χ3v) is 9.14. The average molecular weight is 539 g/mol. The second kappa shape index (κ2) is 9.98. The standard InChI is InChI=1S/C26H23FN4O4S2/c1-15-3-2-4-19(11-15)37(34,35)24(25(33)29-14-23(32)30-18-7-8-18)26-31-20-12-16(5-9-21(20)36-26)17-6-10-22(27)28-13-17/h2-6,9-13,18,24H,7-8,14H2,1H3,(H,29,33)(H,30,32). The van der Waals surface area contributed by atoms with Gasteiger partial charge in [0.15, 0.2) is 15.1 Å². The highest BCUT2D eigenvalue weighted by Gasteiger charge is 2.38. The number of thiazole rings is 1. The van der Waals surface area contributed by atoms with Crippen molar-refractivity contribution in [2.24, 2.45) is 0 Å². The fourth-order valence-corrected chi connectivity index (χ4v) is 6.89. The Morgan fingerprint density at radius 1 is 1.11 bits per heavy atom. The first-order valence-electron chi connectivity index (χ1n) is 11.6. The smallest absolute Gasteiger partial charge is 0.246 e. The van der Waals surface area contributed by atoms with Crippen LogP contribution in [0, 0.1) is 12.9 Å². The number of rotatable bonds is 8. The van der Waals surface area contributed by atoms with E-state index < -0.39 is 26.9 Å². The zero-order chi connectivity index (χ0) is 26.2.